The molecule has 8 heteroatoms. The van der Waals surface area contributed by atoms with Gasteiger partial charge >= 0.3 is 0 Å². The van der Waals surface area contributed by atoms with E-state index in [9.17, 15) is 4.79 Å². The second kappa shape index (κ2) is 13.5. The van der Waals surface area contributed by atoms with Crippen molar-refractivity contribution in [3.8, 4) is 11.1 Å². The van der Waals surface area contributed by atoms with E-state index in [-0.39, 0.29) is 11.0 Å². The van der Waals surface area contributed by atoms with E-state index in [1.54, 1.807) is 4.90 Å². The Kier molecular flexibility index (Phi) is 10.1. The van der Waals surface area contributed by atoms with Gasteiger partial charge in [0, 0.05) is 30.8 Å². The molecule has 1 saturated heterocycles. The summed E-state index contributed by atoms with van der Waals surface area (Å²) in [7, 11) is 0. The number of carbonyl (C=O) groups excluding carboxylic acids is 1. The number of benzene rings is 2. The zero-order chi connectivity index (χ0) is 29.5. The van der Waals surface area contributed by atoms with Gasteiger partial charge in [0.15, 0.2) is 5.84 Å². The Hall–Kier alpha value is -3.39. The third-order valence-corrected chi connectivity index (χ3v) is 8.64. The standard InChI is InChI=1S/C33H49N7O/c1-5-6-10-30(36-33(4)18-7-8-19-33)40(24-41)22-25-11-13-26(14-12-25)29-21-27(15-16-28(29)31(34)37-38-35)39-20-9-17-32(2,3)23-39/h11-16,21,24,38H,5-10,17-20,22-23,35H2,1-4H3,(H2,34,37). The molecule has 1 amide bonds. The molecule has 0 spiro atoms. The van der Waals surface area contributed by atoms with Crippen LogP contribution in [0.4, 0.5) is 5.69 Å². The molecule has 0 bridgehead atoms. The van der Waals surface area contributed by atoms with Gasteiger partial charge in [-0.3, -0.25) is 14.7 Å². The highest BCUT2D eigenvalue weighted by atomic mass is 16.1. The highest BCUT2D eigenvalue weighted by Crippen LogP contribution is 2.35. The fraction of sp³-hybridized carbons (Fsp3) is 0.545. The summed E-state index contributed by atoms with van der Waals surface area (Å²) in [6.07, 6.45) is 10.9. The smallest absolute Gasteiger partial charge is 0.215 e. The average molecular weight is 560 g/mol. The third kappa shape index (κ3) is 7.88. The Morgan fingerprint density at radius 3 is 2.44 bits per heavy atom. The molecule has 2 aromatic carbocycles. The van der Waals surface area contributed by atoms with E-state index in [1.165, 1.54) is 31.4 Å². The number of amides is 1. The molecular formula is C33H49N7O. The van der Waals surface area contributed by atoms with Crippen molar-refractivity contribution in [2.24, 2.45) is 27.1 Å². The van der Waals surface area contributed by atoms with E-state index < -0.39 is 0 Å². The maximum atomic E-state index is 12.3. The summed E-state index contributed by atoms with van der Waals surface area (Å²) in [5, 5.41) is 4.06. The van der Waals surface area contributed by atoms with Crippen molar-refractivity contribution in [1.29, 1.82) is 0 Å². The molecule has 0 unspecified atom stereocenters. The summed E-state index contributed by atoms with van der Waals surface area (Å²) < 4.78 is 0. The lowest BCUT2D eigenvalue weighted by Gasteiger charge is -2.39. The van der Waals surface area contributed by atoms with Crippen molar-refractivity contribution in [2.75, 3.05) is 18.0 Å². The van der Waals surface area contributed by atoms with Crippen molar-refractivity contribution < 1.29 is 4.79 Å². The summed E-state index contributed by atoms with van der Waals surface area (Å²) in [5.74, 6) is 6.70. The summed E-state index contributed by atoms with van der Waals surface area (Å²) in [6, 6.07) is 14.8. The van der Waals surface area contributed by atoms with E-state index in [0.29, 0.717) is 12.4 Å². The van der Waals surface area contributed by atoms with Crippen LogP contribution in [0.5, 0.6) is 0 Å². The lowest BCUT2D eigenvalue weighted by Crippen LogP contribution is -2.40. The average Bonchev–Trinajstić information content (AvgIpc) is 3.39. The third-order valence-electron chi connectivity index (χ3n) is 8.64. The first kappa shape index (κ1) is 30.6. The van der Waals surface area contributed by atoms with E-state index >= 15 is 0 Å². The molecule has 1 aliphatic heterocycles. The number of hydrazine groups is 1. The number of carbonyl (C=O) groups is 1. The molecule has 0 atom stereocenters. The molecule has 4 rings (SSSR count). The van der Waals surface area contributed by atoms with Gasteiger partial charge in [-0.05, 0) is 79.3 Å². The van der Waals surface area contributed by atoms with Crippen LogP contribution < -0.4 is 22.0 Å². The Labute approximate surface area is 246 Å². The number of anilines is 1. The Balaban J connectivity index is 1.62. The van der Waals surface area contributed by atoms with Crippen LogP contribution in [0.25, 0.3) is 11.1 Å². The maximum absolute atomic E-state index is 12.3. The van der Waals surface area contributed by atoms with Crippen LogP contribution in [-0.2, 0) is 11.3 Å². The van der Waals surface area contributed by atoms with Gasteiger partial charge in [0.2, 0.25) is 6.41 Å². The molecule has 1 aliphatic carbocycles. The zero-order valence-corrected chi connectivity index (χ0v) is 25.5. The first-order chi connectivity index (χ1) is 19.7. The number of nitrogens with zero attached hydrogens (tertiary/aromatic N) is 4. The van der Waals surface area contributed by atoms with Crippen LogP contribution in [0.1, 0.15) is 96.6 Å². The van der Waals surface area contributed by atoms with Gasteiger partial charge in [0.1, 0.15) is 5.84 Å². The van der Waals surface area contributed by atoms with E-state index in [2.05, 4.69) is 79.6 Å². The SMILES string of the molecule is CCCCC(=NC1(C)CCCC1)N(C=O)Cc1ccc(-c2cc(N3CCCC(C)(C)C3)ccc2/C(N)=N/NN)cc1. The van der Waals surface area contributed by atoms with Crippen molar-refractivity contribution >= 4 is 23.8 Å². The van der Waals surface area contributed by atoms with Crippen molar-refractivity contribution in [3.63, 3.8) is 0 Å². The van der Waals surface area contributed by atoms with Crippen molar-refractivity contribution in [1.82, 2.24) is 10.4 Å². The summed E-state index contributed by atoms with van der Waals surface area (Å²) in [6.45, 7) is 11.6. The zero-order valence-electron chi connectivity index (χ0n) is 25.5. The second-order valence-corrected chi connectivity index (χ2v) is 12.8. The number of nitrogens with one attached hydrogen (secondary N) is 1. The maximum Gasteiger partial charge on any atom is 0.215 e. The molecule has 0 aromatic heterocycles. The van der Waals surface area contributed by atoms with Crippen LogP contribution in [0, 0.1) is 5.41 Å². The monoisotopic (exact) mass is 559 g/mol. The van der Waals surface area contributed by atoms with Crippen LogP contribution in [0.3, 0.4) is 0 Å². The number of hydrazone groups is 1. The predicted octanol–water partition coefficient (Wildman–Crippen LogP) is 5.94. The normalized spacial score (nSPS) is 18.8. The predicted molar refractivity (Wildman–Crippen MR) is 171 cm³/mol. The van der Waals surface area contributed by atoms with Gasteiger partial charge in [-0.25, -0.2) is 11.4 Å². The van der Waals surface area contributed by atoms with E-state index in [4.69, 9.17) is 16.6 Å². The first-order valence-electron chi connectivity index (χ1n) is 15.2. The van der Waals surface area contributed by atoms with Gasteiger partial charge in [0.05, 0.1) is 12.1 Å². The Morgan fingerprint density at radius 1 is 1.07 bits per heavy atom. The topological polar surface area (TPSA) is 112 Å². The Morgan fingerprint density at radius 2 is 1.80 bits per heavy atom. The number of amidine groups is 2. The van der Waals surface area contributed by atoms with Gasteiger partial charge in [-0.15, -0.1) is 5.10 Å². The molecule has 41 heavy (non-hydrogen) atoms. The van der Waals surface area contributed by atoms with Crippen LogP contribution >= 0.6 is 0 Å². The highest BCUT2D eigenvalue weighted by molar-refractivity contribution is 6.04. The number of rotatable bonds is 11. The lowest BCUT2D eigenvalue weighted by atomic mass is 9.84. The fourth-order valence-electron chi connectivity index (χ4n) is 6.30. The van der Waals surface area contributed by atoms with E-state index in [1.807, 2.05) is 6.07 Å². The molecule has 5 N–H and O–H groups in total. The molecular weight excluding hydrogens is 510 g/mol. The van der Waals surface area contributed by atoms with Gasteiger partial charge in [-0.1, -0.05) is 64.3 Å². The minimum Gasteiger partial charge on any atom is -0.382 e. The second-order valence-electron chi connectivity index (χ2n) is 12.8. The number of nitrogens with two attached hydrogens (primary N) is 2. The Bertz CT molecular complexity index is 1230. The summed E-state index contributed by atoms with van der Waals surface area (Å²) in [5.41, 5.74) is 14.0. The molecule has 1 heterocycles. The minimum atomic E-state index is -0.0565. The molecule has 2 aromatic rings. The van der Waals surface area contributed by atoms with Crippen LogP contribution in [0.2, 0.25) is 0 Å². The largest absolute Gasteiger partial charge is 0.382 e. The molecule has 2 fully saturated rings. The van der Waals surface area contributed by atoms with Crippen LogP contribution in [-0.4, -0.2) is 41.6 Å². The van der Waals surface area contributed by atoms with E-state index in [0.717, 1.165) is 79.7 Å². The highest BCUT2D eigenvalue weighted by Gasteiger charge is 2.30. The molecule has 222 valence electrons. The van der Waals surface area contributed by atoms with Crippen molar-refractivity contribution in [3.05, 3.63) is 53.6 Å². The molecule has 0 radical (unpaired) electrons. The molecule has 8 nitrogen and oxygen atoms in total. The minimum absolute atomic E-state index is 0.0565. The summed E-state index contributed by atoms with van der Waals surface area (Å²) in [4.78, 5) is 21.7. The van der Waals surface area contributed by atoms with Crippen LogP contribution in [0.15, 0.2) is 52.6 Å². The number of aliphatic imine (C=N–C) groups is 1. The first-order valence-corrected chi connectivity index (χ1v) is 15.2. The van der Waals surface area contributed by atoms with Crippen molar-refractivity contribution in [2.45, 2.75) is 97.6 Å². The van der Waals surface area contributed by atoms with Gasteiger partial charge in [0.25, 0.3) is 0 Å². The summed E-state index contributed by atoms with van der Waals surface area (Å²) >= 11 is 0. The number of hydrogen-bond acceptors (Lipinski definition) is 6. The number of unbranched alkanes of at least 4 members (excludes halogenated alkanes) is 1. The quantitative estimate of drug-likeness (QED) is 0.104. The van der Waals surface area contributed by atoms with Gasteiger partial charge < -0.3 is 10.6 Å². The number of hydrogen-bond donors (Lipinski definition) is 3. The molecule has 1 saturated carbocycles. The van der Waals surface area contributed by atoms with Gasteiger partial charge in [-0.2, -0.15) is 0 Å². The molecule has 2 aliphatic rings. The lowest BCUT2D eigenvalue weighted by molar-refractivity contribution is -0.115. The fourth-order valence-corrected chi connectivity index (χ4v) is 6.30. The number of piperidine rings is 1.